The highest BCUT2D eigenvalue weighted by molar-refractivity contribution is 5.96. The molecule has 0 saturated heterocycles. The van der Waals surface area contributed by atoms with E-state index in [1.165, 1.54) is 44.7 Å². The first-order valence-electron chi connectivity index (χ1n) is 8.01. The minimum atomic E-state index is -0.565. The van der Waals surface area contributed by atoms with Gasteiger partial charge in [-0.25, -0.2) is 5.43 Å². The van der Waals surface area contributed by atoms with E-state index in [0.29, 0.717) is 17.1 Å². The molecule has 0 unspecified atom stereocenters. The molecule has 0 aliphatic rings. The van der Waals surface area contributed by atoms with E-state index in [1.54, 1.807) is 18.2 Å². The van der Waals surface area contributed by atoms with Crippen LogP contribution in [0, 0.1) is 10.1 Å². The number of para-hydroxylation sites is 1. The van der Waals surface area contributed by atoms with Crippen molar-refractivity contribution in [3.05, 3.63) is 63.7 Å². The summed E-state index contributed by atoms with van der Waals surface area (Å²) >= 11 is 0. The summed E-state index contributed by atoms with van der Waals surface area (Å²) in [6.07, 6.45) is 1.39. The highest BCUT2D eigenvalue weighted by Crippen LogP contribution is 2.29. The monoisotopic (exact) mass is 386 g/mol. The van der Waals surface area contributed by atoms with Gasteiger partial charge in [0.1, 0.15) is 0 Å². The van der Waals surface area contributed by atoms with Gasteiger partial charge < -0.3 is 14.8 Å². The predicted molar refractivity (Wildman–Crippen MR) is 101 cm³/mol. The third-order valence-corrected chi connectivity index (χ3v) is 3.58. The number of nitrogens with zero attached hydrogens (tertiary/aromatic N) is 2. The molecule has 0 bridgehead atoms. The van der Waals surface area contributed by atoms with Crippen molar-refractivity contribution in [1.29, 1.82) is 0 Å². The second-order valence-corrected chi connectivity index (χ2v) is 5.36. The Morgan fingerprint density at radius 2 is 1.86 bits per heavy atom. The highest BCUT2D eigenvalue weighted by atomic mass is 16.6. The Hall–Kier alpha value is -3.95. The molecule has 0 radical (unpaired) electrons. The molecule has 0 aliphatic carbocycles. The molecule has 0 aromatic heterocycles. The maximum absolute atomic E-state index is 11.9. The van der Waals surface area contributed by atoms with E-state index in [1.807, 2.05) is 0 Å². The number of carbonyl (C=O) groups excluding carboxylic acids is 2. The van der Waals surface area contributed by atoms with Gasteiger partial charge in [-0.05, 0) is 24.3 Å². The number of amides is 2. The van der Waals surface area contributed by atoms with E-state index < -0.39 is 16.7 Å². The Morgan fingerprint density at radius 1 is 1.14 bits per heavy atom. The number of hydrogen-bond donors (Lipinski definition) is 2. The Kier molecular flexibility index (Phi) is 7.03. The molecule has 0 atom stereocenters. The molecule has 0 spiro atoms. The quantitative estimate of drug-likeness (QED) is 0.401. The third-order valence-electron chi connectivity index (χ3n) is 3.58. The van der Waals surface area contributed by atoms with Crippen LogP contribution in [0.25, 0.3) is 0 Å². The molecule has 0 fully saturated rings. The van der Waals surface area contributed by atoms with Gasteiger partial charge in [0.05, 0.1) is 31.9 Å². The lowest BCUT2D eigenvalue weighted by atomic mass is 10.2. The summed E-state index contributed by atoms with van der Waals surface area (Å²) < 4.78 is 10.4. The van der Waals surface area contributed by atoms with Crippen LogP contribution in [0.15, 0.2) is 47.6 Å². The fraction of sp³-hybridized carbons (Fsp3) is 0.167. The summed E-state index contributed by atoms with van der Waals surface area (Å²) in [4.78, 5) is 33.8. The minimum Gasteiger partial charge on any atom is -0.493 e. The molecule has 0 aliphatic heterocycles. The molecule has 28 heavy (non-hydrogen) atoms. The average Bonchev–Trinajstić information content (AvgIpc) is 2.71. The summed E-state index contributed by atoms with van der Waals surface area (Å²) in [6, 6.07) is 10.2. The zero-order valence-electron chi connectivity index (χ0n) is 15.2. The van der Waals surface area contributed by atoms with Gasteiger partial charge in [0, 0.05) is 23.3 Å². The van der Waals surface area contributed by atoms with Crippen LogP contribution in [0.1, 0.15) is 15.9 Å². The third kappa shape index (κ3) is 5.27. The standard InChI is InChI=1S/C18H18N4O6/c1-27-15-5-3-4-13(17(15)28-2)10-20-21-16(23)11-19-18(24)12-6-8-14(9-7-12)22(25)26/h3-10H,11H2,1-2H3,(H,19,24)(H,21,23)/b20-10+. The van der Waals surface area contributed by atoms with Gasteiger partial charge in [0.2, 0.25) is 0 Å². The Balaban J connectivity index is 1.88. The lowest BCUT2D eigenvalue weighted by Crippen LogP contribution is -2.34. The molecule has 2 amide bonds. The predicted octanol–water partition coefficient (Wildman–Crippen LogP) is 1.49. The number of non-ortho nitro benzene ring substituents is 1. The Labute approximate surface area is 160 Å². The normalized spacial score (nSPS) is 10.4. The first kappa shape index (κ1) is 20.4. The van der Waals surface area contributed by atoms with Crippen LogP contribution in [0.2, 0.25) is 0 Å². The van der Waals surface area contributed by atoms with E-state index >= 15 is 0 Å². The lowest BCUT2D eigenvalue weighted by molar-refractivity contribution is -0.384. The van der Waals surface area contributed by atoms with E-state index in [4.69, 9.17) is 9.47 Å². The Morgan fingerprint density at radius 3 is 2.46 bits per heavy atom. The zero-order chi connectivity index (χ0) is 20.5. The van der Waals surface area contributed by atoms with Crippen molar-refractivity contribution in [2.24, 2.45) is 5.10 Å². The van der Waals surface area contributed by atoms with Gasteiger partial charge in [-0.1, -0.05) is 6.07 Å². The molecular formula is C18H18N4O6. The van der Waals surface area contributed by atoms with Crippen LogP contribution >= 0.6 is 0 Å². The van der Waals surface area contributed by atoms with Gasteiger partial charge in [-0.2, -0.15) is 5.10 Å². The summed E-state index contributed by atoms with van der Waals surface area (Å²) in [5.41, 5.74) is 2.94. The molecule has 2 N–H and O–H groups in total. The SMILES string of the molecule is COc1cccc(/C=N/NC(=O)CNC(=O)c2ccc([N+](=O)[O-])cc2)c1OC. The van der Waals surface area contributed by atoms with Crippen molar-refractivity contribution in [3.63, 3.8) is 0 Å². The number of hydrazone groups is 1. The first-order valence-corrected chi connectivity index (χ1v) is 8.01. The summed E-state index contributed by atoms with van der Waals surface area (Å²) in [5.74, 6) is -0.0977. The fourth-order valence-electron chi connectivity index (χ4n) is 2.22. The summed E-state index contributed by atoms with van der Waals surface area (Å²) in [7, 11) is 3.00. The lowest BCUT2D eigenvalue weighted by Gasteiger charge is -2.09. The van der Waals surface area contributed by atoms with E-state index in [2.05, 4.69) is 15.8 Å². The van der Waals surface area contributed by atoms with Crippen LogP contribution in [-0.4, -0.2) is 43.7 Å². The van der Waals surface area contributed by atoms with Crippen molar-refractivity contribution in [2.45, 2.75) is 0 Å². The van der Waals surface area contributed by atoms with Crippen LogP contribution in [0.4, 0.5) is 5.69 Å². The molecular weight excluding hydrogens is 368 g/mol. The van der Waals surface area contributed by atoms with Gasteiger partial charge in [0.15, 0.2) is 11.5 Å². The number of benzene rings is 2. The maximum atomic E-state index is 11.9. The number of carbonyl (C=O) groups is 2. The second-order valence-electron chi connectivity index (χ2n) is 5.36. The number of nitro benzene ring substituents is 1. The van der Waals surface area contributed by atoms with Crippen molar-refractivity contribution >= 4 is 23.7 Å². The van der Waals surface area contributed by atoms with E-state index in [-0.39, 0.29) is 17.8 Å². The first-order chi connectivity index (χ1) is 13.5. The Bertz CT molecular complexity index is 895. The van der Waals surface area contributed by atoms with Crippen molar-refractivity contribution in [2.75, 3.05) is 20.8 Å². The van der Waals surface area contributed by atoms with Crippen molar-refractivity contribution < 1.29 is 24.0 Å². The average molecular weight is 386 g/mol. The smallest absolute Gasteiger partial charge is 0.269 e. The van der Waals surface area contributed by atoms with Gasteiger partial charge >= 0.3 is 0 Å². The molecule has 2 rings (SSSR count). The number of hydrogen-bond acceptors (Lipinski definition) is 7. The molecule has 10 nitrogen and oxygen atoms in total. The number of nitrogens with one attached hydrogen (secondary N) is 2. The molecule has 2 aromatic carbocycles. The topological polar surface area (TPSA) is 132 Å². The molecule has 0 heterocycles. The summed E-state index contributed by atoms with van der Waals surface area (Å²) in [5, 5.41) is 16.8. The number of nitro groups is 1. The number of ether oxygens (including phenoxy) is 2. The molecule has 10 heteroatoms. The van der Waals surface area contributed by atoms with Crippen LogP contribution in [-0.2, 0) is 4.79 Å². The number of methoxy groups -OCH3 is 2. The molecule has 0 saturated carbocycles. The van der Waals surface area contributed by atoms with Crippen molar-refractivity contribution in [3.8, 4) is 11.5 Å². The zero-order valence-corrected chi connectivity index (χ0v) is 15.2. The molecule has 2 aromatic rings. The largest absolute Gasteiger partial charge is 0.493 e. The minimum absolute atomic E-state index is 0.128. The van der Waals surface area contributed by atoms with Gasteiger partial charge in [0.25, 0.3) is 17.5 Å². The van der Waals surface area contributed by atoms with Gasteiger partial charge in [-0.3, -0.25) is 19.7 Å². The highest BCUT2D eigenvalue weighted by Gasteiger charge is 2.11. The van der Waals surface area contributed by atoms with Crippen molar-refractivity contribution in [1.82, 2.24) is 10.7 Å². The fourth-order valence-corrected chi connectivity index (χ4v) is 2.22. The van der Waals surface area contributed by atoms with Gasteiger partial charge in [-0.15, -0.1) is 0 Å². The van der Waals surface area contributed by atoms with Crippen LogP contribution in [0.3, 0.4) is 0 Å². The maximum Gasteiger partial charge on any atom is 0.269 e. The van der Waals surface area contributed by atoms with E-state index in [0.717, 1.165) is 0 Å². The summed E-state index contributed by atoms with van der Waals surface area (Å²) in [6.45, 7) is -0.317. The second kappa shape index (κ2) is 9.67. The van der Waals surface area contributed by atoms with Crippen LogP contribution in [0.5, 0.6) is 11.5 Å². The van der Waals surface area contributed by atoms with E-state index in [9.17, 15) is 19.7 Å². The molecule has 146 valence electrons. The van der Waals surface area contributed by atoms with Crippen LogP contribution < -0.4 is 20.2 Å². The number of rotatable bonds is 8.